The number of rotatable bonds is 6. The number of fused-ring (bicyclic) bond motifs is 1. The summed E-state index contributed by atoms with van der Waals surface area (Å²) in [6, 6.07) is 19.0. The van der Waals surface area contributed by atoms with Crippen molar-refractivity contribution < 1.29 is 22.7 Å². The molecule has 0 bridgehead atoms. The number of hydrogen-bond donors (Lipinski definition) is 0. The molecule has 7 heteroatoms. The van der Waals surface area contributed by atoms with Gasteiger partial charge in [0.25, 0.3) is 0 Å². The van der Waals surface area contributed by atoms with E-state index < -0.39 is 24.5 Å². The predicted octanol–water partition coefficient (Wildman–Crippen LogP) is 5.41. The maximum Gasteiger partial charge on any atom is 0.406 e. The molecule has 0 radical (unpaired) electrons. The Balaban J connectivity index is 1.86. The Bertz CT molecular complexity index is 1120. The first-order valence-electron chi connectivity index (χ1n) is 9.62. The van der Waals surface area contributed by atoms with E-state index in [0.717, 1.165) is 15.7 Å². The number of carbonyl (C=O) groups is 1. The van der Waals surface area contributed by atoms with Gasteiger partial charge in [0.15, 0.2) is 0 Å². The van der Waals surface area contributed by atoms with Gasteiger partial charge in [0.05, 0.1) is 24.7 Å². The van der Waals surface area contributed by atoms with Crippen molar-refractivity contribution in [3.05, 3.63) is 77.4 Å². The molecule has 3 rings (SSSR count). The van der Waals surface area contributed by atoms with Crippen molar-refractivity contribution in [2.45, 2.75) is 25.6 Å². The van der Waals surface area contributed by atoms with E-state index in [-0.39, 0.29) is 6.54 Å². The van der Waals surface area contributed by atoms with E-state index in [9.17, 15) is 18.0 Å². The third kappa shape index (κ3) is 5.54. The lowest BCUT2D eigenvalue weighted by Crippen LogP contribution is -2.40. The first-order chi connectivity index (χ1) is 14.7. The van der Waals surface area contributed by atoms with Gasteiger partial charge < -0.3 is 9.64 Å². The molecule has 0 aromatic heterocycles. The highest BCUT2D eigenvalue weighted by atomic mass is 19.4. The van der Waals surface area contributed by atoms with Crippen molar-refractivity contribution in [3.8, 4) is 11.8 Å². The van der Waals surface area contributed by atoms with E-state index in [2.05, 4.69) is 0 Å². The van der Waals surface area contributed by atoms with Crippen LogP contribution in [0.15, 0.2) is 60.7 Å². The third-order valence-electron chi connectivity index (χ3n) is 5.08. The number of nitrogens with zero attached hydrogens (tertiary/aromatic N) is 2. The Hall–Kier alpha value is -3.53. The molecule has 1 amide bonds. The molecule has 3 aromatic rings. The molecule has 0 spiro atoms. The minimum Gasteiger partial charge on any atom is -0.497 e. The fourth-order valence-electron chi connectivity index (χ4n) is 3.39. The number of hydrogen-bond acceptors (Lipinski definition) is 3. The van der Waals surface area contributed by atoms with Crippen molar-refractivity contribution >= 4 is 16.7 Å². The highest BCUT2D eigenvalue weighted by Gasteiger charge is 2.34. The van der Waals surface area contributed by atoms with Crippen LogP contribution in [0.4, 0.5) is 13.2 Å². The molecular weight excluding hydrogens is 405 g/mol. The van der Waals surface area contributed by atoms with E-state index in [4.69, 9.17) is 10.00 Å². The second-order valence-electron chi connectivity index (χ2n) is 7.31. The van der Waals surface area contributed by atoms with E-state index in [1.807, 2.05) is 30.3 Å². The Kier molecular flexibility index (Phi) is 6.50. The van der Waals surface area contributed by atoms with Gasteiger partial charge in [0, 0.05) is 6.54 Å². The van der Waals surface area contributed by atoms with Gasteiger partial charge in [-0.3, -0.25) is 4.79 Å². The normalized spacial score (nSPS) is 12.3. The second kappa shape index (κ2) is 9.09. The standard InChI is InChI=1S/C24H21F3N2O2/c1-16(19-7-8-21-12-22(31-2)10-9-20(21)11-19)23(30)29(15-24(25,26)27)14-18-5-3-17(13-28)4-6-18/h3-12,16H,14-15H2,1-2H3/t16-/m0/s1. The quantitative estimate of drug-likeness (QED) is 0.529. The van der Waals surface area contributed by atoms with Crippen LogP contribution in [0, 0.1) is 11.3 Å². The lowest BCUT2D eigenvalue weighted by Gasteiger charge is -2.27. The third-order valence-corrected chi connectivity index (χ3v) is 5.08. The largest absolute Gasteiger partial charge is 0.497 e. The molecule has 3 aromatic carbocycles. The van der Waals surface area contributed by atoms with Crippen LogP contribution >= 0.6 is 0 Å². The van der Waals surface area contributed by atoms with Gasteiger partial charge in [0.1, 0.15) is 12.3 Å². The number of amides is 1. The number of halogens is 3. The van der Waals surface area contributed by atoms with Crippen LogP contribution in [0.3, 0.4) is 0 Å². The van der Waals surface area contributed by atoms with Gasteiger partial charge in [0.2, 0.25) is 5.91 Å². The molecular formula is C24H21F3N2O2. The van der Waals surface area contributed by atoms with Crippen molar-refractivity contribution in [1.29, 1.82) is 5.26 Å². The minimum absolute atomic E-state index is 0.195. The zero-order chi connectivity index (χ0) is 22.6. The predicted molar refractivity (Wildman–Crippen MR) is 112 cm³/mol. The van der Waals surface area contributed by atoms with Gasteiger partial charge in [-0.25, -0.2) is 0 Å². The Morgan fingerprint density at radius 1 is 1.06 bits per heavy atom. The monoisotopic (exact) mass is 426 g/mol. The summed E-state index contributed by atoms with van der Waals surface area (Å²) in [5, 5.41) is 10.7. The highest BCUT2D eigenvalue weighted by molar-refractivity contribution is 5.88. The number of ether oxygens (including phenoxy) is 1. The molecule has 160 valence electrons. The summed E-state index contributed by atoms with van der Waals surface area (Å²) in [5.74, 6) is -0.676. The number of methoxy groups -OCH3 is 1. The zero-order valence-corrected chi connectivity index (χ0v) is 17.1. The van der Waals surface area contributed by atoms with Crippen molar-refractivity contribution in [2.24, 2.45) is 0 Å². The van der Waals surface area contributed by atoms with E-state index >= 15 is 0 Å². The molecule has 0 aliphatic heterocycles. The molecule has 1 atom stereocenters. The summed E-state index contributed by atoms with van der Waals surface area (Å²) in [6.07, 6.45) is -4.53. The maximum absolute atomic E-state index is 13.2. The van der Waals surface area contributed by atoms with E-state index in [0.29, 0.717) is 22.4 Å². The van der Waals surface area contributed by atoms with Gasteiger partial charge in [-0.15, -0.1) is 0 Å². The summed E-state index contributed by atoms with van der Waals surface area (Å²) < 4.78 is 44.8. The van der Waals surface area contributed by atoms with Crippen LogP contribution in [0.25, 0.3) is 10.8 Å². The van der Waals surface area contributed by atoms with Crippen LogP contribution in [-0.4, -0.2) is 30.6 Å². The van der Waals surface area contributed by atoms with Crippen LogP contribution in [0.2, 0.25) is 0 Å². The molecule has 0 aliphatic rings. The average Bonchev–Trinajstić information content (AvgIpc) is 2.76. The van der Waals surface area contributed by atoms with Crippen molar-refractivity contribution in [3.63, 3.8) is 0 Å². The van der Waals surface area contributed by atoms with Gasteiger partial charge >= 0.3 is 6.18 Å². The van der Waals surface area contributed by atoms with Crippen LogP contribution in [0.1, 0.15) is 29.5 Å². The molecule has 0 aliphatic carbocycles. The molecule has 0 fully saturated rings. The average molecular weight is 426 g/mol. The zero-order valence-electron chi connectivity index (χ0n) is 17.1. The smallest absolute Gasteiger partial charge is 0.406 e. The molecule has 4 nitrogen and oxygen atoms in total. The fraction of sp³-hybridized carbons (Fsp3) is 0.250. The molecule has 0 saturated carbocycles. The van der Waals surface area contributed by atoms with E-state index in [1.165, 1.54) is 12.1 Å². The summed E-state index contributed by atoms with van der Waals surface area (Å²) >= 11 is 0. The Labute approximate surface area is 178 Å². The van der Waals surface area contributed by atoms with Crippen molar-refractivity contribution in [1.82, 2.24) is 4.90 Å². The number of carbonyl (C=O) groups excluding carboxylic acids is 1. The van der Waals surface area contributed by atoms with Gasteiger partial charge in [-0.1, -0.05) is 36.4 Å². The summed E-state index contributed by atoms with van der Waals surface area (Å²) in [6.45, 7) is 0.0648. The highest BCUT2D eigenvalue weighted by Crippen LogP contribution is 2.28. The number of benzene rings is 3. The SMILES string of the molecule is COc1ccc2cc([C@H](C)C(=O)N(Cc3ccc(C#N)cc3)CC(F)(F)F)ccc2c1. The van der Waals surface area contributed by atoms with Crippen molar-refractivity contribution in [2.75, 3.05) is 13.7 Å². The van der Waals surface area contributed by atoms with Gasteiger partial charge in [-0.05, 0) is 53.1 Å². The lowest BCUT2D eigenvalue weighted by molar-refractivity contribution is -0.163. The molecule has 0 heterocycles. The molecule has 0 unspecified atom stereocenters. The Morgan fingerprint density at radius 3 is 2.32 bits per heavy atom. The van der Waals surface area contributed by atoms with Crippen LogP contribution in [0.5, 0.6) is 5.75 Å². The number of alkyl halides is 3. The summed E-state index contributed by atoms with van der Waals surface area (Å²) in [4.78, 5) is 13.8. The molecule has 0 saturated heterocycles. The maximum atomic E-state index is 13.2. The number of nitriles is 1. The molecule has 31 heavy (non-hydrogen) atoms. The topological polar surface area (TPSA) is 53.3 Å². The first kappa shape index (κ1) is 22.2. The second-order valence-corrected chi connectivity index (χ2v) is 7.31. The van der Waals surface area contributed by atoms with Gasteiger partial charge in [-0.2, -0.15) is 18.4 Å². The molecule has 0 N–H and O–H groups in total. The summed E-state index contributed by atoms with van der Waals surface area (Å²) in [7, 11) is 1.57. The fourth-order valence-corrected chi connectivity index (χ4v) is 3.39. The minimum atomic E-state index is -4.53. The van der Waals surface area contributed by atoms with Crippen LogP contribution in [-0.2, 0) is 11.3 Å². The van der Waals surface area contributed by atoms with Crippen LogP contribution < -0.4 is 4.74 Å². The van der Waals surface area contributed by atoms with E-state index in [1.54, 1.807) is 38.3 Å². The lowest BCUT2D eigenvalue weighted by atomic mass is 9.96. The first-order valence-corrected chi connectivity index (χ1v) is 9.62. The summed E-state index contributed by atoms with van der Waals surface area (Å²) in [5.41, 5.74) is 1.56. The Morgan fingerprint density at radius 2 is 1.71 bits per heavy atom.